The van der Waals surface area contributed by atoms with E-state index in [-0.39, 0.29) is 5.91 Å². The average Bonchev–Trinajstić information content (AvgIpc) is 2.81. The molecule has 1 atom stereocenters. The number of urea groups is 1. The van der Waals surface area contributed by atoms with Crippen LogP contribution in [0.3, 0.4) is 0 Å². The van der Waals surface area contributed by atoms with Crippen molar-refractivity contribution in [1.82, 2.24) is 10.6 Å². The number of nitrogens with one attached hydrogen (secondary N) is 2. The Kier molecular flexibility index (Phi) is 1.80. The number of para-hydroxylation sites is 1. The molecule has 0 saturated carbocycles. The molecule has 1 aromatic heterocycles. The number of benzene rings is 1. The van der Waals surface area contributed by atoms with E-state index < -0.39 is 11.6 Å². The Hall–Kier alpha value is -2.30. The van der Waals surface area contributed by atoms with E-state index >= 15 is 0 Å². The first-order valence-corrected chi connectivity index (χ1v) is 5.21. The topological polar surface area (TPSA) is 71.3 Å². The van der Waals surface area contributed by atoms with Crippen LogP contribution < -0.4 is 10.6 Å². The second kappa shape index (κ2) is 3.10. The molecule has 3 amide bonds. The molecule has 17 heavy (non-hydrogen) atoms. The minimum atomic E-state index is -1.07. The number of furan rings is 1. The van der Waals surface area contributed by atoms with Crippen LogP contribution in [-0.2, 0) is 10.3 Å². The van der Waals surface area contributed by atoms with Gasteiger partial charge in [0.05, 0.1) is 6.26 Å². The van der Waals surface area contributed by atoms with Crippen LogP contribution in [0.25, 0.3) is 11.0 Å². The lowest BCUT2D eigenvalue weighted by Gasteiger charge is -2.18. The minimum Gasteiger partial charge on any atom is -0.464 e. The molecule has 1 fully saturated rings. The van der Waals surface area contributed by atoms with E-state index in [1.54, 1.807) is 6.92 Å². The summed E-state index contributed by atoms with van der Waals surface area (Å²) in [5, 5.41) is 5.67. The Bertz CT molecular complexity index is 631. The van der Waals surface area contributed by atoms with Crippen molar-refractivity contribution in [3.05, 3.63) is 36.1 Å². The zero-order valence-electron chi connectivity index (χ0n) is 9.11. The molecular weight excluding hydrogens is 220 g/mol. The van der Waals surface area contributed by atoms with Gasteiger partial charge in [0.25, 0.3) is 5.91 Å². The summed E-state index contributed by atoms with van der Waals surface area (Å²) in [7, 11) is 0. The maximum absolute atomic E-state index is 11.8. The van der Waals surface area contributed by atoms with Crippen LogP contribution in [-0.4, -0.2) is 11.9 Å². The van der Waals surface area contributed by atoms with E-state index in [9.17, 15) is 9.59 Å². The lowest BCUT2D eigenvalue weighted by atomic mass is 9.92. The Balaban J connectivity index is 2.22. The molecule has 0 bridgehead atoms. The molecule has 5 heteroatoms. The van der Waals surface area contributed by atoms with E-state index in [0.29, 0.717) is 11.1 Å². The van der Waals surface area contributed by atoms with Crippen LogP contribution >= 0.6 is 0 Å². The molecule has 1 unspecified atom stereocenters. The highest BCUT2D eigenvalue weighted by atomic mass is 16.3. The first kappa shape index (κ1) is 9.89. The van der Waals surface area contributed by atoms with Crippen LogP contribution in [0.2, 0.25) is 0 Å². The lowest BCUT2D eigenvalue weighted by molar-refractivity contribution is -0.123. The van der Waals surface area contributed by atoms with Crippen molar-refractivity contribution in [2.45, 2.75) is 12.5 Å². The third-order valence-corrected chi connectivity index (χ3v) is 3.06. The van der Waals surface area contributed by atoms with Crippen molar-refractivity contribution >= 4 is 22.9 Å². The summed E-state index contributed by atoms with van der Waals surface area (Å²) in [6.45, 7) is 1.66. The minimum absolute atomic E-state index is 0.367. The average molecular weight is 230 g/mol. The van der Waals surface area contributed by atoms with Crippen molar-refractivity contribution in [3.8, 4) is 0 Å². The van der Waals surface area contributed by atoms with Gasteiger partial charge < -0.3 is 9.73 Å². The molecule has 1 aromatic carbocycles. The van der Waals surface area contributed by atoms with Gasteiger partial charge in [0.2, 0.25) is 0 Å². The zero-order chi connectivity index (χ0) is 12.0. The molecule has 2 aromatic rings. The van der Waals surface area contributed by atoms with Crippen LogP contribution in [0.1, 0.15) is 12.5 Å². The van der Waals surface area contributed by atoms with Crippen molar-refractivity contribution in [2.75, 3.05) is 0 Å². The Morgan fingerprint density at radius 3 is 2.71 bits per heavy atom. The van der Waals surface area contributed by atoms with Crippen LogP contribution in [0, 0.1) is 0 Å². The van der Waals surface area contributed by atoms with E-state index in [2.05, 4.69) is 10.6 Å². The fourth-order valence-corrected chi connectivity index (χ4v) is 2.10. The van der Waals surface area contributed by atoms with E-state index in [1.807, 2.05) is 24.3 Å². The maximum atomic E-state index is 11.8. The van der Waals surface area contributed by atoms with Gasteiger partial charge in [0.15, 0.2) is 0 Å². The number of amides is 3. The van der Waals surface area contributed by atoms with E-state index in [4.69, 9.17) is 4.42 Å². The lowest BCUT2D eigenvalue weighted by Crippen LogP contribution is -2.40. The van der Waals surface area contributed by atoms with Gasteiger partial charge in [-0.15, -0.1) is 0 Å². The molecular formula is C12H10N2O3. The quantitative estimate of drug-likeness (QED) is 0.729. The van der Waals surface area contributed by atoms with Crippen LogP contribution in [0.4, 0.5) is 4.79 Å². The predicted octanol–water partition coefficient (Wildman–Crippen LogP) is 1.49. The predicted molar refractivity (Wildman–Crippen MR) is 60.2 cm³/mol. The van der Waals surface area contributed by atoms with Crippen LogP contribution in [0.5, 0.6) is 0 Å². The smallest absolute Gasteiger partial charge is 0.322 e. The number of carbonyl (C=O) groups excluding carboxylic acids is 2. The van der Waals surface area contributed by atoms with Crippen molar-refractivity contribution < 1.29 is 14.0 Å². The molecule has 0 spiro atoms. The molecule has 1 saturated heterocycles. The second-order valence-corrected chi connectivity index (χ2v) is 4.18. The summed E-state index contributed by atoms with van der Waals surface area (Å²) in [6.07, 6.45) is 1.51. The summed E-state index contributed by atoms with van der Waals surface area (Å²) in [5.74, 6) is -0.367. The molecule has 5 nitrogen and oxygen atoms in total. The maximum Gasteiger partial charge on any atom is 0.322 e. The van der Waals surface area contributed by atoms with Gasteiger partial charge in [-0.25, -0.2) is 4.79 Å². The van der Waals surface area contributed by atoms with E-state index in [0.717, 1.165) is 5.39 Å². The number of rotatable bonds is 1. The summed E-state index contributed by atoms with van der Waals surface area (Å²) >= 11 is 0. The third-order valence-electron chi connectivity index (χ3n) is 3.06. The number of carbonyl (C=O) groups is 2. The Morgan fingerprint density at radius 1 is 1.24 bits per heavy atom. The molecule has 86 valence electrons. The van der Waals surface area contributed by atoms with Crippen molar-refractivity contribution in [3.63, 3.8) is 0 Å². The second-order valence-electron chi connectivity index (χ2n) is 4.18. The number of imide groups is 1. The molecule has 1 aliphatic heterocycles. The van der Waals surface area contributed by atoms with Gasteiger partial charge in [-0.05, 0) is 13.0 Å². The summed E-state index contributed by atoms with van der Waals surface area (Å²) in [6, 6.07) is 6.90. The number of hydrogen-bond acceptors (Lipinski definition) is 3. The first-order valence-electron chi connectivity index (χ1n) is 5.21. The fourth-order valence-electron chi connectivity index (χ4n) is 2.10. The van der Waals surface area contributed by atoms with Gasteiger partial charge in [-0.2, -0.15) is 0 Å². The summed E-state index contributed by atoms with van der Waals surface area (Å²) in [4.78, 5) is 23.0. The van der Waals surface area contributed by atoms with Gasteiger partial charge in [-0.1, -0.05) is 18.2 Å². The molecule has 2 N–H and O–H groups in total. The number of fused-ring (bicyclic) bond motifs is 1. The number of hydrogen-bond donors (Lipinski definition) is 2. The Morgan fingerprint density at radius 2 is 2.00 bits per heavy atom. The Labute approximate surface area is 96.8 Å². The monoisotopic (exact) mass is 230 g/mol. The molecule has 3 rings (SSSR count). The van der Waals surface area contributed by atoms with Crippen LogP contribution in [0.15, 0.2) is 34.9 Å². The van der Waals surface area contributed by atoms with E-state index in [1.165, 1.54) is 6.26 Å². The van der Waals surface area contributed by atoms with Crippen molar-refractivity contribution in [1.29, 1.82) is 0 Å². The fraction of sp³-hybridized carbons (Fsp3) is 0.167. The highest BCUT2D eigenvalue weighted by molar-refractivity contribution is 6.08. The van der Waals surface area contributed by atoms with Gasteiger partial charge >= 0.3 is 6.03 Å². The first-order chi connectivity index (χ1) is 8.11. The zero-order valence-corrected chi connectivity index (χ0v) is 9.11. The summed E-state index contributed by atoms with van der Waals surface area (Å²) < 4.78 is 5.38. The normalized spacial score (nSPS) is 23.8. The summed E-state index contributed by atoms with van der Waals surface area (Å²) in [5.41, 5.74) is 0.290. The highest BCUT2D eigenvalue weighted by Gasteiger charge is 2.45. The molecule has 0 aliphatic carbocycles. The molecule has 1 aliphatic rings. The van der Waals surface area contributed by atoms with Gasteiger partial charge in [0, 0.05) is 10.9 Å². The molecule has 0 radical (unpaired) electrons. The van der Waals surface area contributed by atoms with Crippen molar-refractivity contribution in [2.24, 2.45) is 0 Å². The standard InChI is InChI=1S/C12H10N2O3/c1-12(10(15)13-11(16)14-12)8-6-17-9-5-3-2-4-7(8)9/h2-6H,1H3,(H2,13,14,15,16). The largest absolute Gasteiger partial charge is 0.464 e. The molecule has 2 heterocycles. The third kappa shape index (κ3) is 1.25. The van der Waals surface area contributed by atoms with Gasteiger partial charge in [0.1, 0.15) is 11.1 Å². The highest BCUT2D eigenvalue weighted by Crippen LogP contribution is 2.32. The van der Waals surface area contributed by atoms with Gasteiger partial charge in [-0.3, -0.25) is 10.1 Å². The SMILES string of the molecule is CC1(c2coc3ccccc23)NC(=O)NC1=O.